The Bertz CT molecular complexity index is 1400. The summed E-state index contributed by atoms with van der Waals surface area (Å²) in [5, 5.41) is 41.9. The van der Waals surface area contributed by atoms with Crippen LogP contribution in [0.5, 0.6) is 0 Å². The van der Waals surface area contributed by atoms with Crippen molar-refractivity contribution >= 4 is 16.7 Å². The van der Waals surface area contributed by atoms with E-state index in [1.165, 1.54) is 41.0 Å². The molecule has 36 heavy (non-hydrogen) atoms. The maximum Gasteiger partial charge on any atom is 0.255 e. The third-order valence-electron chi connectivity index (χ3n) is 6.50. The quantitative estimate of drug-likeness (QED) is 0.390. The fourth-order valence-corrected chi connectivity index (χ4v) is 4.56. The first-order valence-corrected chi connectivity index (χ1v) is 11.4. The number of carbonyl (C=O) groups is 1. The number of rotatable bonds is 5. The molecule has 10 heteroatoms. The van der Waals surface area contributed by atoms with Crippen LogP contribution in [0.1, 0.15) is 16.4 Å². The van der Waals surface area contributed by atoms with Gasteiger partial charge in [0.2, 0.25) is 0 Å². The third kappa shape index (κ3) is 4.35. The zero-order valence-electron chi connectivity index (χ0n) is 19.3. The lowest BCUT2D eigenvalue weighted by molar-refractivity contribution is -0.235. The van der Waals surface area contributed by atoms with Crippen molar-refractivity contribution in [3.8, 4) is 11.3 Å². The lowest BCUT2D eigenvalue weighted by atomic mass is 9.94. The molecule has 1 saturated heterocycles. The van der Waals surface area contributed by atoms with Crippen molar-refractivity contribution in [1.82, 2.24) is 19.9 Å². The van der Waals surface area contributed by atoms with E-state index in [2.05, 4.69) is 10.3 Å². The summed E-state index contributed by atoms with van der Waals surface area (Å²) < 4.78 is 20.7. The second-order valence-corrected chi connectivity index (χ2v) is 8.79. The first-order chi connectivity index (χ1) is 17.4. The number of halogens is 1. The number of amides is 1. The summed E-state index contributed by atoms with van der Waals surface area (Å²) in [6, 6.07) is 17.6. The molecule has 3 unspecified atom stereocenters. The number of ether oxygens (including phenoxy) is 1. The molecular weight excluding hydrogens is 467 g/mol. The maximum absolute atomic E-state index is 13.7. The average Bonchev–Trinajstić information content (AvgIpc) is 3.38. The Balaban J connectivity index is 1.44. The molecule has 1 aliphatic rings. The van der Waals surface area contributed by atoms with Crippen molar-refractivity contribution in [3.05, 3.63) is 84.3 Å². The highest BCUT2D eigenvalue weighted by molar-refractivity contribution is 5.98. The molecule has 0 aliphatic carbocycles. The molecule has 1 aliphatic heterocycles. The SMILES string of the molecule is CN(C(=O)c1ccc2ccccc2c1)[C@@H]1OC(CO)[C@H](O)C(n2cc(-c3cccc(F)c3)nn2)C1O. The minimum Gasteiger partial charge on any atom is -0.394 e. The molecule has 5 rings (SSSR count). The fourth-order valence-electron chi connectivity index (χ4n) is 4.56. The van der Waals surface area contributed by atoms with Crippen LogP contribution < -0.4 is 0 Å². The molecule has 1 aromatic heterocycles. The van der Waals surface area contributed by atoms with Gasteiger partial charge in [0.25, 0.3) is 5.91 Å². The van der Waals surface area contributed by atoms with Crippen molar-refractivity contribution in [1.29, 1.82) is 0 Å². The van der Waals surface area contributed by atoms with E-state index in [-0.39, 0.29) is 0 Å². The monoisotopic (exact) mass is 492 g/mol. The van der Waals surface area contributed by atoms with Gasteiger partial charge in [0, 0.05) is 18.2 Å². The molecule has 0 saturated carbocycles. The van der Waals surface area contributed by atoms with Crippen LogP contribution in [0, 0.1) is 5.82 Å². The van der Waals surface area contributed by atoms with E-state index in [1.807, 2.05) is 30.3 Å². The van der Waals surface area contributed by atoms with Gasteiger partial charge in [0.15, 0.2) is 6.23 Å². The summed E-state index contributed by atoms with van der Waals surface area (Å²) in [6.45, 7) is -0.551. The number of fused-ring (bicyclic) bond motifs is 1. The Labute approximate surface area is 206 Å². The van der Waals surface area contributed by atoms with Crippen LogP contribution in [0.4, 0.5) is 4.39 Å². The molecule has 1 amide bonds. The summed E-state index contributed by atoms with van der Waals surface area (Å²) in [5.41, 5.74) is 1.19. The first-order valence-electron chi connectivity index (χ1n) is 11.4. The van der Waals surface area contributed by atoms with Gasteiger partial charge in [-0.3, -0.25) is 4.79 Å². The summed E-state index contributed by atoms with van der Waals surface area (Å²) in [4.78, 5) is 14.6. The Morgan fingerprint density at radius 3 is 2.58 bits per heavy atom. The highest BCUT2D eigenvalue weighted by atomic mass is 19.1. The molecule has 9 nitrogen and oxygen atoms in total. The van der Waals surface area contributed by atoms with E-state index in [9.17, 15) is 24.5 Å². The van der Waals surface area contributed by atoms with Gasteiger partial charge >= 0.3 is 0 Å². The normalized spacial score (nSPS) is 24.1. The molecule has 3 N–H and O–H groups in total. The molecule has 1 fully saturated rings. The minimum atomic E-state index is -1.42. The van der Waals surface area contributed by atoms with Crippen molar-refractivity contribution in [2.24, 2.45) is 0 Å². The number of hydrogen-bond acceptors (Lipinski definition) is 7. The van der Waals surface area contributed by atoms with Crippen LogP contribution >= 0.6 is 0 Å². The van der Waals surface area contributed by atoms with Crippen molar-refractivity contribution in [2.45, 2.75) is 30.6 Å². The predicted molar refractivity (Wildman–Crippen MR) is 128 cm³/mol. The number of carbonyl (C=O) groups excluding carboxylic acids is 1. The number of aromatic nitrogens is 3. The maximum atomic E-state index is 13.7. The van der Waals surface area contributed by atoms with Gasteiger partial charge in [0.05, 0.1) is 12.8 Å². The minimum absolute atomic E-state index is 0.332. The highest BCUT2D eigenvalue weighted by Crippen LogP contribution is 2.32. The van der Waals surface area contributed by atoms with Crippen LogP contribution in [0.15, 0.2) is 72.9 Å². The van der Waals surface area contributed by atoms with Crippen LogP contribution in [0.2, 0.25) is 0 Å². The van der Waals surface area contributed by atoms with Crippen molar-refractivity contribution in [2.75, 3.05) is 13.7 Å². The van der Waals surface area contributed by atoms with Gasteiger partial charge in [-0.05, 0) is 35.0 Å². The van der Waals surface area contributed by atoms with Gasteiger partial charge in [-0.25, -0.2) is 9.07 Å². The van der Waals surface area contributed by atoms with E-state index < -0.39 is 48.9 Å². The van der Waals surface area contributed by atoms with Crippen LogP contribution in [0.25, 0.3) is 22.0 Å². The molecular formula is C26H25FN4O5. The number of benzene rings is 3. The highest BCUT2D eigenvalue weighted by Gasteiger charge is 2.48. The molecule has 0 bridgehead atoms. The number of hydrogen-bond donors (Lipinski definition) is 3. The Morgan fingerprint density at radius 1 is 1.06 bits per heavy atom. The van der Waals surface area contributed by atoms with Gasteiger partial charge in [-0.1, -0.05) is 47.7 Å². The largest absolute Gasteiger partial charge is 0.394 e. The Morgan fingerprint density at radius 2 is 1.83 bits per heavy atom. The molecule has 5 atom stereocenters. The van der Waals surface area contributed by atoms with E-state index in [1.54, 1.807) is 18.2 Å². The molecule has 4 aromatic rings. The molecule has 0 radical (unpaired) electrons. The Kier molecular flexibility index (Phi) is 6.50. The second kappa shape index (κ2) is 9.75. The molecule has 2 heterocycles. The summed E-state index contributed by atoms with van der Waals surface area (Å²) in [6.07, 6.45) is -3.60. The Hall–Kier alpha value is -3.70. The van der Waals surface area contributed by atoms with Crippen LogP contribution in [-0.2, 0) is 4.74 Å². The predicted octanol–water partition coefficient (Wildman–Crippen LogP) is 1.99. The van der Waals surface area contributed by atoms with E-state index in [4.69, 9.17) is 4.74 Å². The number of aliphatic hydroxyl groups is 3. The van der Waals surface area contributed by atoms with Gasteiger partial charge in [-0.2, -0.15) is 0 Å². The van der Waals surface area contributed by atoms with E-state index in [0.717, 1.165) is 10.8 Å². The van der Waals surface area contributed by atoms with Gasteiger partial charge in [0.1, 0.15) is 35.9 Å². The number of aliphatic hydroxyl groups excluding tert-OH is 3. The van der Waals surface area contributed by atoms with E-state index in [0.29, 0.717) is 16.8 Å². The first kappa shape index (κ1) is 24.0. The third-order valence-corrected chi connectivity index (χ3v) is 6.50. The molecule has 3 aromatic carbocycles. The molecule has 186 valence electrons. The van der Waals surface area contributed by atoms with Crippen molar-refractivity contribution < 1.29 is 29.2 Å². The molecule has 0 spiro atoms. The number of nitrogens with zero attached hydrogens (tertiary/aromatic N) is 4. The summed E-state index contributed by atoms with van der Waals surface area (Å²) >= 11 is 0. The smallest absolute Gasteiger partial charge is 0.255 e. The van der Waals surface area contributed by atoms with Gasteiger partial charge in [-0.15, -0.1) is 5.10 Å². The zero-order chi connectivity index (χ0) is 25.4. The topological polar surface area (TPSA) is 121 Å². The lowest BCUT2D eigenvalue weighted by Gasteiger charge is -2.45. The van der Waals surface area contributed by atoms with Crippen LogP contribution in [0.3, 0.4) is 0 Å². The number of likely N-dealkylation sites (N-methyl/N-ethyl adjacent to an activating group) is 1. The second-order valence-electron chi connectivity index (χ2n) is 8.79. The average molecular weight is 493 g/mol. The standard InChI is InChI=1S/C26H25FN4O5/c1-30(25(35)18-10-9-15-5-2-3-6-16(15)11-18)26-24(34)22(23(33)21(14-32)36-26)31-13-20(28-29-31)17-7-4-8-19(27)12-17/h2-13,21-24,26,32-34H,14H2,1H3/t21?,22?,23-,24?,26+/m0/s1. The fraction of sp³-hybridized carbons (Fsp3) is 0.269. The zero-order valence-corrected chi connectivity index (χ0v) is 19.3. The van der Waals surface area contributed by atoms with E-state index >= 15 is 0 Å². The van der Waals surface area contributed by atoms with Crippen molar-refractivity contribution in [3.63, 3.8) is 0 Å². The van der Waals surface area contributed by atoms with Gasteiger partial charge < -0.3 is 25.0 Å². The van der Waals surface area contributed by atoms with Crippen LogP contribution in [-0.4, -0.2) is 79.3 Å². The lowest BCUT2D eigenvalue weighted by Crippen LogP contribution is -2.61. The summed E-state index contributed by atoms with van der Waals surface area (Å²) in [5.74, 6) is -0.849. The summed E-state index contributed by atoms with van der Waals surface area (Å²) in [7, 11) is 1.48.